The van der Waals surface area contributed by atoms with Gasteiger partial charge in [0, 0.05) is 0 Å². The van der Waals surface area contributed by atoms with Gasteiger partial charge in [-0.1, -0.05) is 31.5 Å². The van der Waals surface area contributed by atoms with Crippen molar-refractivity contribution in [2.24, 2.45) is 5.84 Å². The van der Waals surface area contributed by atoms with E-state index in [1.807, 2.05) is 12.1 Å². The van der Waals surface area contributed by atoms with Crippen LogP contribution < -0.4 is 16.0 Å². The third-order valence-electron chi connectivity index (χ3n) is 3.31. The van der Waals surface area contributed by atoms with Crippen LogP contribution in [0.4, 0.5) is 5.82 Å². The molecule has 0 unspecified atom stereocenters. The highest BCUT2D eigenvalue weighted by molar-refractivity contribution is 6.31. The van der Waals surface area contributed by atoms with Gasteiger partial charge in [0.15, 0.2) is 0 Å². The van der Waals surface area contributed by atoms with Crippen molar-refractivity contribution >= 4 is 17.4 Å². The minimum atomic E-state index is 0.300. The number of aromatic nitrogens is 1. The number of aryl methyl sites for hydroxylation is 1. The van der Waals surface area contributed by atoms with Crippen molar-refractivity contribution in [3.63, 3.8) is 0 Å². The molecule has 0 saturated carbocycles. The van der Waals surface area contributed by atoms with Crippen molar-refractivity contribution in [1.29, 1.82) is 0 Å². The minimum absolute atomic E-state index is 0.300. The summed E-state index contributed by atoms with van der Waals surface area (Å²) in [7, 11) is 0. The Bertz CT molecular complexity index is 629. The topological polar surface area (TPSA) is 60.2 Å². The van der Waals surface area contributed by atoms with E-state index < -0.39 is 0 Å². The van der Waals surface area contributed by atoms with E-state index in [1.165, 1.54) is 11.1 Å². The molecular weight excluding hydrogens is 286 g/mol. The maximum absolute atomic E-state index is 6.11. The lowest BCUT2D eigenvalue weighted by atomic mass is 9.98. The lowest BCUT2D eigenvalue weighted by Gasteiger charge is -2.13. The maximum Gasteiger partial charge on any atom is 0.140 e. The number of halogens is 1. The van der Waals surface area contributed by atoms with Crippen molar-refractivity contribution in [2.75, 3.05) is 5.43 Å². The molecule has 1 heterocycles. The standard InChI is InChI=1S/C16H20ClN3O/c1-10(2)13-5-4-12(8-11(13)3)21-9-15-14(17)6-7-16(19-15)20-18/h4-8,10H,9,18H2,1-3H3,(H,19,20). The predicted octanol–water partition coefficient (Wildman–Crippen LogP) is 4.03. The molecular formula is C16H20ClN3O. The summed E-state index contributed by atoms with van der Waals surface area (Å²) in [6.45, 7) is 6.75. The van der Waals surface area contributed by atoms with E-state index in [-0.39, 0.29) is 0 Å². The lowest BCUT2D eigenvalue weighted by Crippen LogP contribution is -2.10. The van der Waals surface area contributed by atoms with Crippen molar-refractivity contribution in [3.05, 3.63) is 52.2 Å². The molecule has 0 aliphatic heterocycles. The van der Waals surface area contributed by atoms with E-state index in [0.717, 1.165) is 5.75 Å². The molecule has 112 valence electrons. The number of hydrazine groups is 1. The Kier molecular flexibility index (Phi) is 5.04. The first-order chi connectivity index (χ1) is 10.0. The highest BCUT2D eigenvalue weighted by atomic mass is 35.5. The third kappa shape index (κ3) is 3.86. The Balaban J connectivity index is 2.11. The quantitative estimate of drug-likeness (QED) is 0.647. The normalized spacial score (nSPS) is 10.8. The molecule has 4 nitrogen and oxygen atoms in total. The maximum atomic E-state index is 6.11. The first-order valence-corrected chi connectivity index (χ1v) is 7.24. The molecule has 5 heteroatoms. The highest BCUT2D eigenvalue weighted by Gasteiger charge is 2.07. The Hall–Kier alpha value is -1.78. The predicted molar refractivity (Wildman–Crippen MR) is 86.7 cm³/mol. The number of nitrogen functional groups attached to an aromatic ring is 1. The average Bonchev–Trinajstić information content (AvgIpc) is 2.46. The fraction of sp³-hybridized carbons (Fsp3) is 0.312. The summed E-state index contributed by atoms with van der Waals surface area (Å²) in [6.07, 6.45) is 0. The molecule has 0 saturated heterocycles. The van der Waals surface area contributed by atoms with Gasteiger partial charge in [0.05, 0.1) is 10.7 Å². The molecule has 1 aromatic heterocycles. The van der Waals surface area contributed by atoms with Gasteiger partial charge in [-0.05, 0) is 48.2 Å². The summed E-state index contributed by atoms with van der Waals surface area (Å²) < 4.78 is 5.77. The molecule has 0 aliphatic rings. The van der Waals surface area contributed by atoms with Crippen LogP contribution in [0.2, 0.25) is 5.02 Å². The van der Waals surface area contributed by atoms with E-state index in [1.54, 1.807) is 12.1 Å². The van der Waals surface area contributed by atoms with Crippen LogP contribution in [0.5, 0.6) is 5.75 Å². The van der Waals surface area contributed by atoms with Crippen LogP contribution in [0.3, 0.4) is 0 Å². The Morgan fingerprint density at radius 1 is 1.29 bits per heavy atom. The summed E-state index contributed by atoms with van der Waals surface area (Å²) in [5.74, 6) is 7.21. The molecule has 2 rings (SSSR count). The number of hydrogen-bond donors (Lipinski definition) is 2. The fourth-order valence-corrected chi connectivity index (χ4v) is 2.36. The van der Waals surface area contributed by atoms with Crippen LogP contribution >= 0.6 is 11.6 Å². The second kappa shape index (κ2) is 6.78. The van der Waals surface area contributed by atoms with Crippen LogP contribution in [0.25, 0.3) is 0 Å². The van der Waals surface area contributed by atoms with Crippen molar-refractivity contribution < 1.29 is 4.74 Å². The van der Waals surface area contributed by atoms with Gasteiger partial charge >= 0.3 is 0 Å². The molecule has 0 amide bonds. The van der Waals surface area contributed by atoms with Gasteiger partial charge in [-0.2, -0.15) is 0 Å². The van der Waals surface area contributed by atoms with Gasteiger partial charge in [-0.3, -0.25) is 0 Å². The number of anilines is 1. The first kappa shape index (κ1) is 15.6. The van der Waals surface area contributed by atoms with E-state index >= 15 is 0 Å². The van der Waals surface area contributed by atoms with Gasteiger partial charge in [0.2, 0.25) is 0 Å². The van der Waals surface area contributed by atoms with Gasteiger partial charge in [-0.25, -0.2) is 10.8 Å². The van der Waals surface area contributed by atoms with E-state index in [4.69, 9.17) is 22.2 Å². The van der Waals surface area contributed by atoms with E-state index in [2.05, 4.69) is 37.2 Å². The number of pyridine rings is 1. The number of nitrogens with zero attached hydrogens (tertiary/aromatic N) is 1. The number of rotatable bonds is 5. The molecule has 2 aromatic rings. The van der Waals surface area contributed by atoms with E-state index in [9.17, 15) is 0 Å². The number of ether oxygens (including phenoxy) is 1. The zero-order valence-electron chi connectivity index (χ0n) is 12.5. The van der Waals surface area contributed by atoms with E-state index in [0.29, 0.717) is 29.1 Å². The number of nitrogens with one attached hydrogen (secondary N) is 1. The Labute approximate surface area is 130 Å². The average molecular weight is 306 g/mol. The summed E-state index contributed by atoms with van der Waals surface area (Å²) in [6, 6.07) is 9.57. The van der Waals surface area contributed by atoms with Crippen LogP contribution in [0.15, 0.2) is 30.3 Å². The molecule has 0 radical (unpaired) electrons. The minimum Gasteiger partial charge on any atom is -0.487 e. The van der Waals surface area contributed by atoms with Gasteiger partial charge in [0.25, 0.3) is 0 Å². The Morgan fingerprint density at radius 2 is 2.05 bits per heavy atom. The fourth-order valence-electron chi connectivity index (χ4n) is 2.20. The molecule has 0 spiro atoms. The zero-order chi connectivity index (χ0) is 15.4. The van der Waals surface area contributed by atoms with Gasteiger partial charge < -0.3 is 10.2 Å². The molecule has 3 N–H and O–H groups in total. The molecule has 0 aliphatic carbocycles. The second-order valence-electron chi connectivity index (χ2n) is 5.23. The largest absolute Gasteiger partial charge is 0.487 e. The monoisotopic (exact) mass is 305 g/mol. The summed E-state index contributed by atoms with van der Waals surface area (Å²) in [5, 5.41) is 0.560. The van der Waals surface area contributed by atoms with Gasteiger partial charge in [-0.15, -0.1) is 0 Å². The Morgan fingerprint density at radius 3 is 2.67 bits per heavy atom. The van der Waals surface area contributed by atoms with Crippen molar-refractivity contribution in [2.45, 2.75) is 33.3 Å². The highest BCUT2D eigenvalue weighted by Crippen LogP contribution is 2.25. The van der Waals surface area contributed by atoms with Crippen LogP contribution in [-0.4, -0.2) is 4.98 Å². The molecule has 0 fully saturated rings. The summed E-state index contributed by atoms with van der Waals surface area (Å²) >= 11 is 6.11. The van der Waals surface area contributed by atoms with Crippen molar-refractivity contribution in [3.8, 4) is 5.75 Å². The second-order valence-corrected chi connectivity index (χ2v) is 5.64. The smallest absolute Gasteiger partial charge is 0.140 e. The molecule has 0 bridgehead atoms. The summed E-state index contributed by atoms with van der Waals surface area (Å²) in [5.41, 5.74) is 5.70. The van der Waals surface area contributed by atoms with Crippen LogP contribution in [0.1, 0.15) is 36.6 Å². The van der Waals surface area contributed by atoms with Crippen molar-refractivity contribution in [1.82, 2.24) is 4.98 Å². The first-order valence-electron chi connectivity index (χ1n) is 6.86. The number of hydrogen-bond acceptors (Lipinski definition) is 4. The molecule has 21 heavy (non-hydrogen) atoms. The SMILES string of the molecule is Cc1cc(OCc2nc(NN)ccc2Cl)ccc1C(C)C. The molecule has 1 aromatic carbocycles. The number of benzene rings is 1. The summed E-state index contributed by atoms with van der Waals surface area (Å²) in [4.78, 5) is 4.28. The van der Waals surface area contributed by atoms with Crippen LogP contribution in [0, 0.1) is 6.92 Å². The molecule has 0 atom stereocenters. The lowest BCUT2D eigenvalue weighted by molar-refractivity contribution is 0.301. The van der Waals surface area contributed by atoms with Gasteiger partial charge in [0.1, 0.15) is 18.2 Å². The third-order valence-corrected chi connectivity index (χ3v) is 3.65. The zero-order valence-corrected chi connectivity index (χ0v) is 13.2. The van der Waals surface area contributed by atoms with Crippen LogP contribution in [-0.2, 0) is 6.61 Å². The number of nitrogens with two attached hydrogens (primary N) is 1.